The highest BCUT2D eigenvalue weighted by Gasteiger charge is 2.50. The van der Waals surface area contributed by atoms with Crippen LogP contribution in [0.25, 0.3) is 11.1 Å². The predicted octanol–water partition coefficient (Wildman–Crippen LogP) is 2.07. The van der Waals surface area contributed by atoms with Gasteiger partial charge >= 0.3 is 0 Å². The van der Waals surface area contributed by atoms with E-state index in [2.05, 4.69) is 4.72 Å². The van der Waals surface area contributed by atoms with Gasteiger partial charge < -0.3 is 14.9 Å². The number of nitrogens with one attached hydrogen (secondary N) is 1. The zero-order valence-electron chi connectivity index (χ0n) is 18.2. The number of nitrogens with zero attached hydrogens (tertiary/aromatic N) is 2. The van der Waals surface area contributed by atoms with Gasteiger partial charge in [-0.15, -0.1) is 0 Å². The summed E-state index contributed by atoms with van der Waals surface area (Å²) >= 11 is 0. The first-order valence-electron chi connectivity index (χ1n) is 11.3. The molecule has 2 amide bonds. The van der Waals surface area contributed by atoms with Gasteiger partial charge in [0.2, 0.25) is 10.0 Å². The minimum Gasteiger partial charge on any atom is -0.380 e. The number of anilines is 1. The second kappa shape index (κ2) is 8.14. The molecule has 2 aromatic carbocycles. The van der Waals surface area contributed by atoms with Crippen LogP contribution >= 0.6 is 0 Å². The lowest BCUT2D eigenvalue weighted by atomic mass is 10.0. The van der Waals surface area contributed by atoms with E-state index in [0.717, 1.165) is 24.0 Å². The third kappa shape index (κ3) is 4.60. The van der Waals surface area contributed by atoms with Crippen LogP contribution in [0.3, 0.4) is 0 Å². The molecule has 0 radical (unpaired) electrons. The fourth-order valence-corrected chi connectivity index (χ4v) is 5.47. The zero-order chi connectivity index (χ0) is 23.2. The SMILES string of the molecule is O=C(c1ccc(-c2ccc(NS(=O)(=O)C3CC3)cc2)cc1)N1CCN(C(=O)C2(O)CC2)CC1. The van der Waals surface area contributed by atoms with Gasteiger partial charge in [-0.05, 0) is 61.1 Å². The van der Waals surface area contributed by atoms with Crippen molar-refractivity contribution < 1.29 is 23.1 Å². The van der Waals surface area contributed by atoms with Crippen molar-refractivity contribution in [1.82, 2.24) is 9.80 Å². The molecule has 3 fully saturated rings. The molecule has 2 saturated carbocycles. The van der Waals surface area contributed by atoms with E-state index < -0.39 is 15.6 Å². The fourth-order valence-electron chi connectivity index (χ4n) is 4.08. The minimum absolute atomic E-state index is 0.0800. The van der Waals surface area contributed by atoms with E-state index in [0.29, 0.717) is 50.3 Å². The Morgan fingerprint density at radius 1 is 0.848 bits per heavy atom. The van der Waals surface area contributed by atoms with E-state index >= 15 is 0 Å². The van der Waals surface area contributed by atoms with Crippen molar-refractivity contribution in [1.29, 1.82) is 0 Å². The smallest absolute Gasteiger partial charge is 0.254 e. The third-order valence-corrected chi connectivity index (χ3v) is 8.42. The molecule has 0 aromatic heterocycles. The van der Waals surface area contributed by atoms with E-state index in [1.807, 2.05) is 24.3 Å². The van der Waals surface area contributed by atoms with Crippen LogP contribution in [0.5, 0.6) is 0 Å². The van der Waals surface area contributed by atoms with Crippen LogP contribution in [0.2, 0.25) is 0 Å². The normalized spacial score (nSPS) is 19.8. The topological polar surface area (TPSA) is 107 Å². The number of carbonyl (C=O) groups excluding carboxylic acids is 2. The minimum atomic E-state index is -3.28. The lowest BCUT2D eigenvalue weighted by molar-refractivity contribution is -0.143. The van der Waals surface area contributed by atoms with E-state index in [-0.39, 0.29) is 17.1 Å². The standard InChI is InChI=1S/C24H27N3O5S/c28-22(26-13-15-27(16-14-26)23(29)24(30)11-12-24)19-3-1-17(2-4-19)18-5-7-20(8-6-18)25-33(31,32)21-9-10-21/h1-8,21,25,30H,9-16H2. The van der Waals surface area contributed by atoms with Crippen molar-refractivity contribution in [3.05, 3.63) is 54.1 Å². The maximum atomic E-state index is 12.9. The van der Waals surface area contributed by atoms with Crippen molar-refractivity contribution in [2.45, 2.75) is 36.5 Å². The van der Waals surface area contributed by atoms with Crippen molar-refractivity contribution >= 4 is 27.5 Å². The molecule has 2 aromatic rings. The molecular weight excluding hydrogens is 442 g/mol. The second-order valence-corrected chi connectivity index (χ2v) is 11.1. The predicted molar refractivity (Wildman–Crippen MR) is 124 cm³/mol. The van der Waals surface area contributed by atoms with Crippen molar-refractivity contribution in [2.75, 3.05) is 30.9 Å². The van der Waals surface area contributed by atoms with Crippen molar-refractivity contribution in [2.24, 2.45) is 0 Å². The molecule has 1 saturated heterocycles. The Morgan fingerprint density at radius 3 is 1.88 bits per heavy atom. The van der Waals surface area contributed by atoms with Gasteiger partial charge in [-0.3, -0.25) is 14.3 Å². The van der Waals surface area contributed by atoms with Gasteiger partial charge in [0.15, 0.2) is 0 Å². The number of sulfonamides is 1. The average Bonchev–Trinajstić information content (AvgIpc) is 3.75. The van der Waals surface area contributed by atoms with E-state index in [4.69, 9.17) is 0 Å². The summed E-state index contributed by atoms with van der Waals surface area (Å²) in [6.07, 6.45) is 2.48. The maximum absolute atomic E-state index is 12.9. The molecule has 5 rings (SSSR count). The summed E-state index contributed by atoms with van der Waals surface area (Å²) in [5, 5.41) is 9.74. The van der Waals surface area contributed by atoms with Crippen molar-refractivity contribution in [3.8, 4) is 11.1 Å². The molecule has 174 valence electrons. The number of hydrogen-bond donors (Lipinski definition) is 2. The first-order chi connectivity index (χ1) is 15.7. The molecule has 3 aliphatic rings. The highest BCUT2D eigenvalue weighted by Crippen LogP contribution is 2.37. The van der Waals surface area contributed by atoms with Gasteiger partial charge in [0.05, 0.1) is 5.25 Å². The highest BCUT2D eigenvalue weighted by molar-refractivity contribution is 7.93. The largest absolute Gasteiger partial charge is 0.380 e. The monoisotopic (exact) mass is 469 g/mol. The van der Waals surface area contributed by atoms with Gasteiger partial charge in [-0.2, -0.15) is 0 Å². The molecule has 0 unspecified atom stereocenters. The molecular formula is C24H27N3O5S. The van der Waals surface area contributed by atoms with E-state index in [1.165, 1.54) is 0 Å². The number of aliphatic hydroxyl groups is 1. The van der Waals surface area contributed by atoms with Crippen LogP contribution in [0, 0.1) is 0 Å². The Kier molecular flexibility index (Phi) is 5.41. The Hall–Kier alpha value is -2.91. The van der Waals surface area contributed by atoms with Crippen LogP contribution in [-0.4, -0.2) is 72.2 Å². The summed E-state index contributed by atoms with van der Waals surface area (Å²) in [4.78, 5) is 28.5. The zero-order valence-corrected chi connectivity index (χ0v) is 19.1. The van der Waals surface area contributed by atoms with Gasteiger partial charge in [0.25, 0.3) is 11.8 Å². The molecule has 2 N–H and O–H groups in total. The summed E-state index contributed by atoms with van der Waals surface area (Å²) in [6.45, 7) is 1.75. The first-order valence-corrected chi connectivity index (χ1v) is 12.8. The molecule has 9 heteroatoms. The molecule has 1 aliphatic heterocycles. The lowest BCUT2D eigenvalue weighted by Crippen LogP contribution is -2.53. The molecule has 0 spiro atoms. The maximum Gasteiger partial charge on any atom is 0.254 e. The lowest BCUT2D eigenvalue weighted by Gasteiger charge is -2.35. The molecule has 1 heterocycles. The van der Waals surface area contributed by atoms with Gasteiger partial charge in [-0.25, -0.2) is 8.42 Å². The van der Waals surface area contributed by atoms with Crippen LogP contribution in [0.15, 0.2) is 48.5 Å². The van der Waals surface area contributed by atoms with Crippen LogP contribution in [0.4, 0.5) is 5.69 Å². The number of carbonyl (C=O) groups is 2. The Labute approximate surface area is 193 Å². The molecule has 0 atom stereocenters. The number of amides is 2. The van der Waals surface area contributed by atoms with Crippen molar-refractivity contribution in [3.63, 3.8) is 0 Å². The third-order valence-electron chi connectivity index (χ3n) is 6.55. The summed E-state index contributed by atoms with van der Waals surface area (Å²) in [5.74, 6) is -0.297. The second-order valence-electron chi connectivity index (χ2n) is 9.12. The molecule has 2 aliphatic carbocycles. The Balaban J connectivity index is 1.19. The number of rotatable bonds is 6. The fraction of sp³-hybridized carbons (Fsp3) is 0.417. The number of piperazine rings is 1. The summed E-state index contributed by atoms with van der Waals surface area (Å²) in [5.41, 5.74) is 1.81. The average molecular weight is 470 g/mol. The number of benzene rings is 2. The van der Waals surface area contributed by atoms with Gasteiger partial charge in [0, 0.05) is 37.4 Å². The summed E-state index contributed by atoms with van der Waals surface area (Å²) in [6, 6.07) is 14.5. The summed E-state index contributed by atoms with van der Waals surface area (Å²) < 4.78 is 26.8. The van der Waals surface area contributed by atoms with E-state index in [1.54, 1.807) is 34.1 Å². The molecule has 0 bridgehead atoms. The summed E-state index contributed by atoms with van der Waals surface area (Å²) in [7, 11) is -3.28. The van der Waals surface area contributed by atoms with Crippen LogP contribution in [0.1, 0.15) is 36.0 Å². The van der Waals surface area contributed by atoms with Gasteiger partial charge in [0.1, 0.15) is 5.60 Å². The van der Waals surface area contributed by atoms with Crippen LogP contribution in [-0.2, 0) is 14.8 Å². The Bertz CT molecular complexity index is 1160. The quantitative estimate of drug-likeness (QED) is 0.674. The first kappa shape index (κ1) is 21.9. The molecule has 33 heavy (non-hydrogen) atoms. The highest BCUT2D eigenvalue weighted by atomic mass is 32.2. The van der Waals surface area contributed by atoms with E-state index in [9.17, 15) is 23.1 Å². The molecule has 8 nitrogen and oxygen atoms in total. The number of hydrogen-bond acceptors (Lipinski definition) is 5. The van der Waals surface area contributed by atoms with Crippen LogP contribution < -0.4 is 4.72 Å². The Morgan fingerprint density at radius 2 is 1.36 bits per heavy atom. The van der Waals surface area contributed by atoms with Gasteiger partial charge in [-0.1, -0.05) is 24.3 Å².